The van der Waals surface area contributed by atoms with Crippen molar-refractivity contribution in [3.63, 3.8) is 0 Å². The van der Waals surface area contributed by atoms with Crippen LogP contribution in [0.1, 0.15) is 35.3 Å². The van der Waals surface area contributed by atoms with Crippen molar-refractivity contribution in [2.45, 2.75) is 38.8 Å². The van der Waals surface area contributed by atoms with Gasteiger partial charge in [0.2, 0.25) is 0 Å². The highest BCUT2D eigenvalue weighted by Crippen LogP contribution is 2.25. The van der Waals surface area contributed by atoms with Crippen molar-refractivity contribution < 1.29 is 4.74 Å². The van der Waals surface area contributed by atoms with Gasteiger partial charge in [-0.2, -0.15) is 0 Å². The maximum absolute atomic E-state index is 6.40. The standard InChI is InChI=1S/C17H23NOS/c1-3-14-10-11-15(20-14)12-16(18)17(19-4-2)13-8-6-5-7-9-13/h5-11,16-17H,3-4,12,18H2,1-2H3. The smallest absolute Gasteiger partial charge is 0.0979 e. The van der Waals surface area contributed by atoms with E-state index in [-0.39, 0.29) is 12.1 Å². The first kappa shape index (κ1) is 15.2. The van der Waals surface area contributed by atoms with Crippen LogP contribution < -0.4 is 5.73 Å². The van der Waals surface area contributed by atoms with Crippen molar-refractivity contribution in [2.24, 2.45) is 5.73 Å². The average molecular weight is 289 g/mol. The Balaban J connectivity index is 2.08. The van der Waals surface area contributed by atoms with Gasteiger partial charge in [-0.15, -0.1) is 11.3 Å². The zero-order valence-electron chi connectivity index (χ0n) is 12.2. The van der Waals surface area contributed by atoms with Crippen LogP contribution in [-0.4, -0.2) is 12.6 Å². The molecule has 2 nitrogen and oxygen atoms in total. The molecule has 0 saturated heterocycles. The third kappa shape index (κ3) is 3.92. The largest absolute Gasteiger partial charge is 0.372 e. The number of thiophene rings is 1. The third-order valence-corrected chi connectivity index (χ3v) is 4.62. The average Bonchev–Trinajstić information content (AvgIpc) is 2.93. The molecule has 20 heavy (non-hydrogen) atoms. The number of aryl methyl sites for hydroxylation is 1. The molecule has 2 atom stereocenters. The van der Waals surface area contributed by atoms with Crippen LogP contribution in [-0.2, 0) is 17.6 Å². The maximum Gasteiger partial charge on any atom is 0.0979 e. The first-order valence-electron chi connectivity index (χ1n) is 7.24. The molecule has 0 fully saturated rings. The van der Waals surface area contributed by atoms with Crippen molar-refractivity contribution in [3.8, 4) is 0 Å². The van der Waals surface area contributed by atoms with Gasteiger partial charge < -0.3 is 10.5 Å². The van der Waals surface area contributed by atoms with E-state index in [9.17, 15) is 0 Å². The van der Waals surface area contributed by atoms with Crippen LogP contribution in [0.5, 0.6) is 0 Å². The summed E-state index contributed by atoms with van der Waals surface area (Å²) >= 11 is 1.86. The molecule has 108 valence electrons. The highest BCUT2D eigenvalue weighted by atomic mass is 32.1. The normalized spacial score (nSPS) is 14.2. The van der Waals surface area contributed by atoms with E-state index in [2.05, 4.69) is 31.2 Å². The molecule has 0 aliphatic heterocycles. The number of hydrogen-bond acceptors (Lipinski definition) is 3. The van der Waals surface area contributed by atoms with Crippen molar-refractivity contribution in [1.82, 2.24) is 0 Å². The lowest BCUT2D eigenvalue weighted by atomic mass is 9.99. The summed E-state index contributed by atoms with van der Waals surface area (Å²) in [5.41, 5.74) is 7.56. The van der Waals surface area contributed by atoms with Gasteiger partial charge >= 0.3 is 0 Å². The van der Waals surface area contributed by atoms with Gasteiger partial charge in [0.25, 0.3) is 0 Å². The molecular formula is C17H23NOS. The molecular weight excluding hydrogens is 266 g/mol. The molecule has 2 aromatic rings. The fourth-order valence-corrected chi connectivity index (χ4v) is 3.38. The molecule has 1 aromatic heterocycles. The second-order valence-corrected chi connectivity index (χ2v) is 6.13. The van der Waals surface area contributed by atoms with Crippen LogP contribution >= 0.6 is 11.3 Å². The summed E-state index contributed by atoms with van der Waals surface area (Å²) in [7, 11) is 0. The third-order valence-electron chi connectivity index (χ3n) is 3.37. The Labute approximate surface area is 125 Å². The summed E-state index contributed by atoms with van der Waals surface area (Å²) in [5.74, 6) is 0. The van der Waals surface area contributed by atoms with Gasteiger partial charge in [-0.3, -0.25) is 0 Å². The monoisotopic (exact) mass is 289 g/mol. The van der Waals surface area contributed by atoms with Gasteiger partial charge in [-0.25, -0.2) is 0 Å². The van der Waals surface area contributed by atoms with E-state index in [0.29, 0.717) is 6.61 Å². The lowest BCUT2D eigenvalue weighted by Gasteiger charge is -2.24. The summed E-state index contributed by atoms with van der Waals surface area (Å²) in [5, 5.41) is 0. The highest BCUT2D eigenvalue weighted by Gasteiger charge is 2.20. The molecule has 0 saturated carbocycles. The molecule has 2 N–H and O–H groups in total. The second-order valence-electron chi connectivity index (χ2n) is 4.88. The van der Waals surface area contributed by atoms with E-state index in [1.54, 1.807) is 0 Å². The topological polar surface area (TPSA) is 35.2 Å². The molecule has 0 bridgehead atoms. The number of hydrogen-bond donors (Lipinski definition) is 1. The lowest BCUT2D eigenvalue weighted by molar-refractivity contribution is 0.0435. The molecule has 0 aliphatic carbocycles. The lowest BCUT2D eigenvalue weighted by Crippen LogP contribution is -2.32. The summed E-state index contributed by atoms with van der Waals surface area (Å²) in [4.78, 5) is 2.76. The van der Waals surface area contributed by atoms with Crippen LogP contribution in [0.3, 0.4) is 0 Å². The van der Waals surface area contributed by atoms with E-state index in [4.69, 9.17) is 10.5 Å². The Bertz CT molecular complexity index is 509. The first-order chi connectivity index (χ1) is 9.74. The van der Waals surface area contributed by atoms with Crippen LogP contribution in [0.15, 0.2) is 42.5 Å². The van der Waals surface area contributed by atoms with E-state index < -0.39 is 0 Å². The summed E-state index contributed by atoms with van der Waals surface area (Å²) in [6, 6.07) is 14.6. The molecule has 3 heteroatoms. The predicted molar refractivity (Wildman–Crippen MR) is 86.2 cm³/mol. The van der Waals surface area contributed by atoms with Crippen LogP contribution in [0.2, 0.25) is 0 Å². The Morgan fingerprint density at radius 3 is 2.35 bits per heavy atom. The van der Waals surface area contributed by atoms with E-state index in [1.807, 2.05) is 36.5 Å². The minimum absolute atomic E-state index is 0.0132. The predicted octanol–water partition coefficient (Wildman–Crippen LogP) is 3.96. The first-order valence-corrected chi connectivity index (χ1v) is 8.06. The maximum atomic E-state index is 6.40. The van der Waals surface area contributed by atoms with E-state index in [0.717, 1.165) is 18.4 Å². The fraction of sp³-hybridized carbons (Fsp3) is 0.412. The summed E-state index contributed by atoms with van der Waals surface area (Å²) in [6.07, 6.45) is 1.92. The number of nitrogens with two attached hydrogens (primary N) is 1. The molecule has 1 heterocycles. The Morgan fingerprint density at radius 2 is 1.75 bits per heavy atom. The molecule has 1 aromatic carbocycles. The SMILES string of the molecule is CCOC(c1ccccc1)C(N)Cc1ccc(CC)s1. The summed E-state index contributed by atoms with van der Waals surface area (Å²) in [6.45, 7) is 4.88. The van der Waals surface area contributed by atoms with Gasteiger partial charge in [0.1, 0.15) is 0 Å². The van der Waals surface area contributed by atoms with Gasteiger partial charge in [-0.05, 0) is 37.5 Å². The minimum atomic E-state index is -0.0339. The van der Waals surface area contributed by atoms with E-state index >= 15 is 0 Å². The van der Waals surface area contributed by atoms with Crippen molar-refractivity contribution in [1.29, 1.82) is 0 Å². The van der Waals surface area contributed by atoms with E-state index in [1.165, 1.54) is 9.75 Å². The van der Waals surface area contributed by atoms with Crippen LogP contribution in [0, 0.1) is 0 Å². The zero-order chi connectivity index (χ0) is 14.4. The number of rotatable bonds is 7. The molecule has 2 unspecified atom stereocenters. The van der Waals surface area contributed by atoms with Gasteiger partial charge in [-0.1, -0.05) is 37.3 Å². The quantitative estimate of drug-likeness (QED) is 0.837. The molecule has 0 amide bonds. The molecule has 2 rings (SSSR count). The van der Waals surface area contributed by atoms with Crippen molar-refractivity contribution >= 4 is 11.3 Å². The number of ether oxygens (including phenoxy) is 1. The Morgan fingerprint density at radius 1 is 1.05 bits per heavy atom. The summed E-state index contributed by atoms with van der Waals surface area (Å²) < 4.78 is 5.87. The van der Waals surface area contributed by atoms with Gasteiger partial charge in [0.05, 0.1) is 6.10 Å². The molecule has 0 radical (unpaired) electrons. The van der Waals surface area contributed by atoms with Crippen LogP contribution in [0.25, 0.3) is 0 Å². The van der Waals surface area contributed by atoms with Crippen molar-refractivity contribution in [2.75, 3.05) is 6.61 Å². The Hall–Kier alpha value is -1.16. The fourth-order valence-electron chi connectivity index (χ4n) is 2.35. The zero-order valence-corrected chi connectivity index (χ0v) is 13.0. The second kappa shape index (κ2) is 7.58. The highest BCUT2D eigenvalue weighted by molar-refractivity contribution is 7.11. The van der Waals surface area contributed by atoms with Gasteiger partial charge in [0.15, 0.2) is 0 Å². The van der Waals surface area contributed by atoms with Crippen molar-refractivity contribution in [3.05, 3.63) is 57.8 Å². The minimum Gasteiger partial charge on any atom is -0.372 e. The van der Waals surface area contributed by atoms with Crippen LogP contribution in [0.4, 0.5) is 0 Å². The molecule has 0 aliphatic rings. The Kier molecular flexibility index (Phi) is 5.77. The molecule has 0 spiro atoms. The number of benzene rings is 1. The van der Waals surface area contributed by atoms with Gasteiger partial charge in [0, 0.05) is 22.4 Å².